The summed E-state index contributed by atoms with van der Waals surface area (Å²) in [7, 11) is 0. The Morgan fingerprint density at radius 2 is 1.87 bits per heavy atom. The molecule has 2 N–H and O–H groups in total. The van der Waals surface area contributed by atoms with Gasteiger partial charge in [0.25, 0.3) is 5.91 Å². The van der Waals surface area contributed by atoms with E-state index in [0.29, 0.717) is 16.5 Å². The number of carbonyl (C=O) groups excluding carboxylic acids is 2. The van der Waals surface area contributed by atoms with Gasteiger partial charge in [0.2, 0.25) is 5.91 Å². The highest BCUT2D eigenvalue weighted by Crippen LogP contribution is 2.41. The van der Waals surface area contributed by atoms with Gasteiger partial charge in [0.05, 0.1) is 6.54 Å². The number of carbonyl (C=O) groups is 2. The summed E-state index contributed by atoms with van der Waals surface area (Å²) in [5.74, 6) is -0.116. The van der Waals surface area contributed by atoms with E-state index in [1.807, 2.05) is 30.3 Å². The predicted molar refractivity (Wildman–Crippen MR) is 89.5 cm³/mol. The molecule has 0 aromatic heterocycles. The van der Waals surface area contributed by atoms with Gasteiger partial charge in [-0.25, -0.2) is 0 Å². The average molecular weight is 329 g/mol. The second-order valence-electron chi connectivity index (χ2n) is 5.62. The summed E-state index contributed by atoms with van der Waals surface area (Å²) >= 11 is 5.98. The molecule has 2 atom stereocenters. The molecule has 2 aromatic carbocycles. The highest BCUT2D eigenvalue weighted by molar-refractivity contribution is 6.30. The normalized spacial score (nSPS) is 19.0. The van der Waals surface area contributed by atoms with Crippen LogP contribution < -0.4 is 10.6 Å². The summed E-state index contributed by atoms with van der Waals surface area (Å²) in [6.45, 7) is -0.0213. The molecule has 0 radical (unpaired) electrons. The fourth-order valence-corrected chi connectivity index (χ4v) is 2.77. The Labute approximate surface area is 139 Å². The van der Waals surface area contributed by atoms with Crippen LogP contribution in [0.15, 0.2) is 54.6 Å². The zero-order valence-corrected chi connectivity index (χ0v) is 13.2. The van der Waals surface area contributed by atoms with Crippen LogP contribution in [-0.2, 0) is 4.79 Å². The monoisotopic (exact) mass is 328 g/mol. The molecule has 1 fully saturated rings. The van der Waals surface area contributed by atoms with Gasteiger partial charge in [0.1, 0.15) is 0 Å². The molecule has 0 saturated heterocycles. The molecule has 0 aliphatic heterocycles. The number of rotatable bonds is 5. The van der Waals surface area contributed by atoms with Crippen molar-refractivity contribution in [2.24, 2.45) is 0 Å². The van der Waals surface area contributed by atoms with E-state index in [4.69, 9.17) is 11.6 Å². The maximum Gasteiger partial charge on any atom is 0.251 e. The maximum absolute atomic E-state index is 11.9. The van der Waals surface area contributed by atoms with Crippen molar-refractivity contribution in [2.45, 2.75) is 18.4 Å². The highest BCUT2D eigenvalue weighted by Gasteiger charge is 2.39. The van der Waals surface area contributed by atoms with Crippen molar-refractivity contribution in [3.63, 3.8) is 0 Å². The molecule has 0 spiro atoms. The van der Waals surface area contributed by atoms with E-state index in [1.165, 1.54) is 0 Å². The molecule has 2 aromatic rings. The van der Waals surface area contributed by atoms with Crippen LogP contribution in [0.1, 0.15) is 28.3 Å². The van der Waals surface area contributed by atoms with Crippen LogP contribution >= 0.6 is 11.6 Å². The summed E-state index contributed by atoms with van der Waals surface area (Å²) in [4.78, 5) is 23.8. The second-order valence-corrected chi connectivity index (χ2v) is 6.06. The standard InChI is InChI=1S/C18H17ClN2O2/c19-14-8-4-7-13(9-14)15-10-16(15)21-17(22)11-20-18(23)12-5-2-1-3-6-12/h1-9,15-16H,10-11H2,(H,20,23)(H,21,22)/t15-,16+/m0/s1. The SMILES string of the molecule is O=C(CNC(=O)c1ccccc1)N[C@@H]1C[C@H]1c1cccc(Cl)c1. The largest absolute Gasteiger partial charge is 0.351 e. The van der Waals surface area contributed by atoms with Crippen molar-refractivity contribution < 1.29 is 9.59 Å². The summed E-state index contributed by atoms with van der Waals surface area (Å²) in [6, 6.07) is 16.6. The first-order valence-electron chi connectivity index (χ1n) is 7.51. The van der Waals surface area contributed by atoms with E-state index in [0.717, 1.165) is 12.0 Å². The smallest absolute Gasteiger partial charge is 0.251 e. The average Bonchev–Trinajstić information content (AvgIpc) is 3.32. The van der Waals surface area contributed by atoms with Gasteiger partial charge in [-0.2, -0.15) is 0 Å². The van der Waals surface area contributed by atoms with Crippen LogP contribution in [0.5, 0.6) is 0 Å². The van der Waals surface area contributed by atoms with E-state index in [2.05, 4.69) is 10.6 Å². The number of benzene rings is 2. The molecule has 4 nitrogen and oxygen atoms in total. The Kier molecular flexibility index (Phi) is 4.63. The van der Waals surface area contributed by atoms with Gasteiger partial charge in [-0.15, -0.1) is 0 Å². The fourth-order valence-electron chi connectivity index (χ4n) is 2.57. The molecular formula is C18H17ClN2O2. The zero-order valence-electron chi connectivity index (χ0n) is 12.5. The minimum absolute atomic E-state index is 0.0213. The highest BCUT2D eigenvalue weighted by atomic mass is 35.5. The lowest BCUT2D eigenvalue weighted by atomic mass is 10.1. The summed E-state index contributed by atoms with van der Waals surface area (Å²) in [5.41, 5.74) is 1.68. The Bertz CT molecular complexity index is 718. The molecule has 2 amide bonds. The first-order valence-corrected chi connectivity index (χ1v) is 7.89. The second kappa shape index (κ2) is 6.84. The molecule has 1 saturated carbocycles. The number of nitrogens with one attached hydrogen (secondary N) is 2. The minimum Gasteiger partial charge on any atom is -0.351 e. The summed E-state index contributed by atoms with van der Waals surface area (Å²) in [6.07, 6.45) is 0.902. The maximum atomic E-state index is 11.9. The van der Waals surface area contributed by atoms with Gasteiger partial charge in [-0.05, 0) is 36.2 Å². The van der Waals surface area contributed by atoms with Crippen molar-refractivity contribution in [1.82, 2.24) is 10.6 Å². The number of halogens is 1. The molecule has 0 heterocycles. The molecule has 118 valence electrons. The Hall–Kier alpha value is -2.33. The fraction of sp³-hybridized carbons (Fsp3) is 0.222. The Balaban J connectivity index is 1.45. The summed E-state index contributed by atoms with van der Waals surface area (Å²) in [5, 5.41) is 6.26. The minimum atomic E-state index is -0.247. The van der Waals surface area contributed by atoms with Crippen molar-refractivity contribution in [2.75, 3.05) is 6.54 Å². The number of hydrogen-bond donors (Lipinski definition) is 2. The van der Waals surface area contributed by atoms with Gasteiger partial charge in [-0.3, -0.25) is 9.59 Å². The molecule has 3 rings (SSSR count). The zero-order chi connectivity index (χ0) is 16.2. The van der Waals surface area contributed by atoms with E-state index < -0.39 is 0 Å². The molecule has 23 heavy (non-hydrogen) atoms. The van der Waals surface area contributed by atoms with Gasteiger partial charge < -0.3 is 10.6 Å². The molecule has 0 bridgehead atoms. The van der Waals surface area contributed by atoms with Crippen LogP contribution in [0.3, 0.4) is 0 Å². The van der Waals surface area contributed by atoms with Crippen molar-refractivity contribution >= 4 is 23.4 Å². The Morgan fingerprint density at radius 1 is 1.09 bits per heavy atom. The van der Waals surface area contributed by atoms with E-state index in [-0.39, 0.29) is 24.4 Å². The third kappa shape index (κ3) is 4.11. The van der Waals surface area contributed by atoms with Crippen molar-refractivity contribution in [3.05, 3.63) is 70.7 Å². The first-order chi connectivity index (χ1) is 11.1. The lowest BCUT2D eigenvalue weighted by Gasteiger charge is -2.07. The quantitative estimate of drug-likeness (QED) is 0.886. The van der Waals surface area contributed by atoms with Crippen LogP contribution in [0.2, 0.25) is 5.02 Å². The summed E-state index contributed by atoms with van der Waals surface area (Å²) < 4.78 is 0. The van der Waals surface area contributed by atoms with Crippen molar-refractivity contribution in [3.8, 4) is 0 Å². The van der Waals surface area contributed by atoms with Gasteiger partial charge in [-0.1, -0.05) is 41.9 Å². The molecular weight excluding hydrogens is 312 g/mol. The van der Waals surface area contributed by atoms with E-state index in [1.54, 1.807) is 24.3 Å². The third-order valence-corrected chi connectivity index (χ3v) is 4.09. The van der Waals surface area contributed by atoms with Crippen molar-refractivity contribution in [1.29, 1.82) is 0 Å². The van der Waals surface area contributed by atoms with Gasteiger partial charge in [0.15, 0.2) is 0 Å². The third-order valence-electron chi connectivity index (χ3n) is 3.86. The van der Waals surface area contributed by atoms with Crippen LogP contribution in [0, 0.1) is 0 Å². The lowest BCUT2D eigenvalue weighted by molar-refractivity contribution is -0.120. The van der Waals surface area contributed by atoms with Gasteiger partial charge in [0, 0.05) is 22.5 Å². The van der Waals surface area contributed by atoms with Crippen LogP contribution in [-0.4, -0.2) is 24.4 Å². The number of hydrogen-bond acceptors (Lipinski definition) is 2. The first kappa shape index (κ1) is 15.6. The van der Waals surface area contributed by atoms with Gasteiger partial charge >= 0.3 is 0 Å². The molecule has 1 aliphatic carbocycles. The lowest BCUT2D eigenvalue weighted by Crippen LogP contribution is -2.38. The molecule has 5 heteroatoms. The molecule has 1 aliphatic rings. The van der Waals surface area contributed by atoms with Crippen LogP contribution in [0.4, 0.5) is 0 Å². The van der Waals surface area contributed by atoms with E-state index >= 15 is 0 Å². The topological polar surface area (TPSA) is 58.2 Å². The predicted octanol–water partition coefficient (Wildman–Crippen LogP) is 2.74. The number of amides is 2. The van der Waals surface area contributed by atoms with E-state index in [9.17, 15) is 9.59 Å². The Morgan fingerprint density at radius 3 is 2.61 bits per heavy atom. The van der Waals surface area contributed by atoms with Crippen LogP contribution in [0.25, 0.3) is 0 Å². The molecule has 0 unspecified atom stereocenters.